The predicted molar refractivity (Wildman–Crippen MR) is 129 cm³/mol. The fraction of sp³-hybridized carbons (Fsp3) is 0.462. The minimum Gasteiger partial charge on any atom is -0.352 e. The summed E-state index contributed by atoms with van der Waals surface area (Å²) in [5, 5.41) is 3.16. The number of aryl methyl sites for hydroxylation is 2. The van der Waals surface area contributed by atoms with Crippen LogP contribution in [-0.4, -0.2) is 34.6 Å². The van der Waals surface area contributed by atoms with Gasteiger partial charge in [-0.05, 0) is 55.9 Å². The number of hydrogen-bond acceptors (Lipinski definition) is 3. The van der Waals surface area contributed by atoms with E-state index < -0.39 is 6.04 Å². The number of nitrogens with one attached hydrogen (secondary N) is 1. The lowest BCUT2D eigenvalue weighted by Crippen LogP contribution is -2.50. The van der Waals surface area contributed by atoms with Crippen molar-refractivity contribution in [2.45, 2.75) is 70.8 Å². The van der Waals surface area contributed by atoms with Crippen LogP contribution in [0, 0.1) is 13.8 Å². The Balaban J connectivity index is 1.67. The van der Waals surface area contributed by atoms with E-state index in [1.807, 2.05) is 50.2 Å². The van der Waals surface area contributed by atoms with E-state index in [1.165, 1.54) is 24.0 Å². The molecule has 1 aliphatic carbocycles. The van der Waals surface area contributed by atoms with Crippen molar-refractivity contribution in [2.24, 2.45) is 0 Å². The van der Waals surface area contributed by atoms with Gasteiger partial charge in [0.15, 0.2) is 0 Å². The summed E-state index contributed by atoms with van der Waals surface area (Å²) in [7, 11) is 0. The van der Waals surface area contributed by atoms with Crippen molar-refractivity contribution in [3.8, 4) is 0 Å². The monoisotopic (exact) mass is 438 g/mol. The number of nitrogens with zero attached hydrogens (tertiary/aromatic N) is 1. The van der Waals surface area contributed by atoms with Crippen molar-refractivity contribution >= 4 is 23.6 Å². The maximum absolute atomic E-state index is 13.2. The van der Waals surface area contributed by atoms with Crippen molar-refractivity contribution in [2.75, 3.05) is 5.75 Å². The zero-order valence-corrected chi connectivity index (χ0v) is 19.7. The van der Waals surface area contributed by atoms with E-state index in [4.69, 9.17) is 0 Å². The Labute approximate surface area is 190 Å². The topological polar surface area (TPSA) is 49.4 Å². The molecule has 1 N–H and O–H groups in total. The molecular formula is C26H34N2O2S. The number of carbonyl (C=O) groups excluding carboxylic acids is 2. The average molecular weight is 439 g/mol. The van der Waals surface area contributed by atoms with Crippen molar-refractivity contribution in [1.82, 2.24) is 10.2 Å². The van der Waals surface area contributed by atoms with Crippen LogP contribution in [0.5, 0.6) is 0 Å². The predicted octanol–water partition coefficient (Wildman–Crippen LogP) is 5.01. The summed E-state index contributed by atoms with van der Waals surface area (Å²) in [6.07, 6.45) is 4.41. The maximum atomic E-state index is 13.2. The quantitative estimate of drug-likeness (QED) is 0.598. The Kier molecular flexibility index (Phi) is 8.59. The maximum Gasteiger partial charge on any atom is 0.242 e. The van der Waals surface area contributed by atoms with Crippen LogP contribution >= 0.6 is 11.8 Å². The third kappa shape index (κ3) is 6.60. The summed E-state index contributed by atoms with van der Waals surface area (Å²) in [6.45, 7) is 6.45. The Morgan fingerprint density at radius 2 is 1.58 bits per heavy atom. The van der Waals surface area contributed by atoms with E-state index in [9.17, 15) is 9.59 Å². The molecule has 0 unspecified atom stereocenters. The molecule has 2 aromatic rings. The molecule has 2 amide bonds. The zero-order chi connectivity index (χ0) is 22.2. The minimum absolute atomic E-state index is 0.0101. The molecule has 3 rings (SSSR count). The summed E-state index contributed by atoms with van der Waals surface area (Å²) in [4.78, 5) is 27.9. The highest BCUT2D eigenvalue weighted by Gasteiger charge is 2.28. The third-order valence-electron chi connectivity index (χ3n) is 6.22. The Morgan fingerprint density at radius 1 is 1.00 bits per heavy atom. The first-order valence-electron chi connectivity index (χ1n) is 11.2. The fourth-order valence-electron chi connectivity index (χ4n) is 4.05. The molecule has 0 spiro atoms. The molecule has 1 aliphatic rings. The van der Waals surface area contributed by atoms with Crippen molar-refractivity contribution < 1.29 is 9.59 Å². The number of thioether (sulfide) groups is 1. The van der Waals surface area contributed by atoms with E-state index >= 15 is 0 Å². The number of rotatable bonds is 9. The third-order valence-corrected chi connectivity index (χ3v) is 7.18. The molecule has 0 saturated heterocycles. The van der Waals surface area contributed by atoms with Crippen LogP contribution in [0.25, 0.3) is 0 Å². The molecule has 0 bridgehead atoms. The Bertz CT molecular complexity index is 892. The first-order chi connectivity index (χ1) is 15.0. The number of hydrogen-bond donors (Lipinski definition) is 1. The van der Waals surface area contributed by atoms with Crippen LogP contribution in [0.1, 0.15) is 54.9 Å². The van der Waals surface area contributed by atoms with Gasteiger partial charge in [-0.3, -0.25) is 9.59 Å². The summed E-state index contributed by atoms with van der Waals surface area (Å²) >= 11 is 1.61. The molecule has 1 fully saturated rings. The van der Waals surface area contributed by atoms with Gasteiger partial charge in [0, 0.05) is 18.3 Å². The molecule has 31 heavy (non-hydrogen) atoms. The van der Waals surface area contributed by atoms with Gasteiger partial charge in [0.2, 0.25) is 11.8 Å². The molecule has 0 radical (unpaired) electrons. The molecule has 1 saturated carbocycles. The molecule has 0 aliphatic heterocycles. The van der Waals surface area contributed by atoms with E-state index in [1.54, 1.807) is 16.7 Å². The van der Waals surface area contributed by atoms with Crippen LogP contribution in [0.2, 0.25) is 0 Å². The first kappa shape index (κ1) is 23.4. The highest BCUT2D eigenvalue weighted by molar-refractivity contribution is 7.99. The molecule has 2 aromatic carbocycles. The van der Waals surface area contributed by atoms with Gasteiger partial charge in [0.25, 0.3) is 0 Å². The standard InChI is InChI=1S/C26H34N2O2S/c1-19-10-4-6-12-22(19)16-28(21(3)26(30)27-24-14-8-9-15-24)25(29)18-31-17-23-13-7-5-11-20(23)2/h4-7,10-13,21,24H,8-9,14-18H2,1-3H3,(H,27,30)/t21-/m0/s1. The Hall–Kier alpha value is -2.27. The Morgan fingerprint density at radius 3 is 2.19 bits per heavy atom. The van der Waals surface area contributed by atoms with Gasteiger partial charge < -0.3 is 10.2 Å². The highest BCUT2D eigenvalue weighted by atomic mass is 32.2. The normalized spacial score (nSPS) is 14.9. The summed E-state index contributed by atoms with van der Waals surface area (Å²) in [6, 6.07) is 16.1. The summed E-state index contributed by atoms with van der Waals surface area (Å²) in [5.74, 6) is 1.12. The lowest BCUT2D eigenvalue weighted by molar-refractivity contribution is -0.139. The second kappa shape index (κ2) is 11.4. The van der Waals surface area contributed by atoms with Crippen molar-refractivity contribution in [3.63, 3.8) is 0 Å². The van der Waals surface area contributed by atoms with Crippen LogP contribution in [0.15, 0.2) is 48.5 Å². The lowest BCUT2D eigenvalue weighted by Gasteiger charge is -2.30. The van der Waals surface area contributed by atoms with Gasteiger partial charge in [0.05, 0.1) is 5.75 Å². The fourth-order valence-corrected chi connectivity index (χ4v) is 5.04. The molecule has 0 aromatic heterocycles. The van der Waals surface area contributed by atoms with Crippen LogP contribution in [0.4, 0.5) is 0 Å². The summed E-state index contributed by atoms with van der Waals surface area (Å²) < 4.78 is 0. The van der Waals surface area contributed by atoms with E-state index in [0.29, 0.717) is 12.3 Å². The van der Waals surface area contributed by atoms with Crippen LogP contribution < -0.4 is 5.32 Å². The highest BCUT2D eigenvalue weighted by Crippen LogP contribution is 2.21. The second-order valence-corrected chi connectivity index (χ2v) is 9.52. The number of carbonyl (C=O) groups is 2. The van der Waals surface area contributed by atoms with Gasteiger partial charge in [0.1, 0.15) is 6.04 Å². The number of benzene rings is 2. The van der Waals surface area contributed by atoms with E-state index in [-0.39, 0.29) is 17.9 Å². The SMILES string of the molecule is Cc1ccccc1CSCC(=O)N(Cc1ccccc1C)[C@@H](C)C(=O)NC1CCCC1. The molecule has 5 heteroatoms. The largest absolute Gasteiger partial charge is 0.352 e. The molecule has 0 heterocycles. The van der Waals surface area contributed by atoms with E-state index in [0.717, 1.165) is 29.7 Å². The molecule has 4 nitrogen and oxygen atoms in total. The molecule has 166 valence electrons. The van der Waals surface area contributed by atoms with Crippen molar-refractivity contribution in [1.29, 1.82) is 0 Å². The van der Waals surface area contributed by atoms with Crippen LogP contribution in [0.3, 0.4) is 0 Å². The average Bonchev–Trinajstić information content (AvgIpc) is 3.27. The lowest BCUT2D eigenvalue weighted by atomic mass is 10.1. The summed E-state index contributed by atoms with van der Waals surface area (Å²) in [5.41, 5.74) is 4.71. The van der Waals surface area contributed by atoms with Gasteiger partial charge in [-0.25, -0.2) is 0 Å². The second-order valence-electron chi connectivity index (χ2n) is 8.53. The molecule has 1 atom stereocenters. The van der Waals surface area contributed by atoms with Gasteiger partial charge in [-0.15, -0.1) is 11.8 Å². The number of amides is 2. The molecular weight excluding hydrogens is 404 g/mol. The first-order valence-corrected chi connectivity index (χ1v) is 12.4. The zero-order valence-electron chi connectivity index (χ0n) is 18.9. The van der Waals surface area contributed by atoms with Crippen molar-refractivity contribution in [3.05, 3.63) is 70.8 Å². The van der Waals surface area contributed by atoms with Gasteiger partial charge >= 0.3 is 0 Å². The van der Waals surface area contributed by atoms with Gasteiger partial charge in [-0.1, -0.05) is 61.4 Å². The smallest absolute Gasteiger partial charge is 0.242 e. The minimum atomic E-state index is -0.494. The van der Waals surface area contributed by atoms with E-state index in [2.05, 4.69) is 24.4 Å². The van der Waals surface area contributed by atoms with Crippen LogP contribution in [-0.2, 0) is 21.9 Å². The van der Waals surface area contributed by atoms with Gasteiger partial charge in [-0.2, -0.15) is 0 Å².